The molecule has 1 aromatic carbocycles. The van der Waals surface area contributed by atoms with Gasteiger partial charge in [0.25, 0.3) is 0 Å². The molecule has 1 radical (unpaired) electrons. The first-order chi connectivity index (χ1) is 17.2. The van der Waals surface area contributed by atoms with E-state index < -0.39 is 29.6 Å². The van der Waals surface area contributed by atoms with E-state index in [1.165, 1.54) is 34.2 Å². The van der Waals surface area contributed by atoms with Crippen LogP contribution in [-0.4, -0.2) is 38.5 Å². The van der Waals surface area contributed by atoms with Gasteiger partial charge in [-0.2, -0.15) is 18.3 Å². The van der Waals surface area contributed by atoms with E-state index in [1.807, 2.05) is 11.9 Å². The maximum absolute atomic E-state index is 14.1. The standard InChI is InChI=1S/C24H23F5N5OS/c1-14-11-21(24(27,28)29)31-34(14)10-9-33-7-5-15(6-8-33)23-30-19(13-36-23)18-12-20(35-32-18)22-16(25)3-2-4-17(22)26/h2-4,9,11,13,15,20H,5-8,10,12H2,1H3/t20-/m1/s1. The number of oxime groups is 1. The Morgan fingerprint density at radius 2 is 1.89 bits per heavy atom. The van der Waals surface area contributed by atoms with E-state index in [9.17, 15) is 22.0 Å². The number of hydrogen-bond donors (Lipinski definition) is 0. The van der Waals surface area contributed by atoms with Crippen LogP contribution in [0.2, 0.25) is 0 Å². The van der Waals surface area contributed by atoms with Gasteiger partial charge in [0, 0.05) is 30.0 Å². The van der Waals surface area contributed by atoms with Gasteiger partial charge in [0.05, 0.1) is 22.8 Å². The van der Waals surface area contributed by atoms with Crippen LogP contribution in [0.4, 0.5) is 22.0 Å². The van der Waals surface area contributed by atoms with Crippen LogP contribution in [0.25, 0.3) is 0 Å². The van der Waals surface area contributed by atoms with Crippen molar-refractivity contribution in [2.45, 2.75) is 50.9 Å². The average Bonchev–Trinajstić information content (AvgIpc) is 3.58. The van der Waals surface area contributed by atoms with Crippen molar-refractivity contribution < 1.29 is 26.8 Å². The molecule has 0 saturated carbocycles. The molecular formula is C24H23F5N5OS. The fourth-order valence-corrected chi connectivity index (χ4v) is 5.47. The summed E-state index contributed by atoms with van der Waals surface area (Å²) in [6.45, 7) is 5.28. The topological polar surface area (TPSA) is 55.5 Å². The Morgan fingerprint density at radius 1 is 1.17 bits per heavy atom. The number of alkyl halides is 3. The van der Waals surface area contributed by atoms with Gasteiger partial charge < -0.3 is 4.84 Å². The molecule has 1 atom stereocenters. The Kier molecular flexibility index (Phi) is 6.82. The molecule has 1 fully saturated rings. The minimum absolute atomic E-state index is 0.129. The van der Waals surface area contributed by atoms with E-state index in [-0.39, 0.29) is 24.4 Å². The van der Waals surface area contributed by atoms with Crippen LogP contribution in [-0.2, 0) is 17.6 Å². The predicted octanol–water partition coefficient (Wildman–Crippen LogP) is 5.85. The first-order valence-corrected chi connectivity index (χ1v) is 12.4. The average molecular weight is 525 g/mol. The molecule has 4 heterocycles. The molecule has 0 aliphatic carbocycles. The van der Waals surface area contributed by atoms with Crippen molar-refractivity contribution >= 4 is 17.0 Å². The molecule has 5 rings (SSSR count). The monoisotopic (exact) mass is 524 g/mol. The quantitative estimate of drug-likeness (QED) is 0.380. The summed E-state index contributed by atoms with van der Waals surface area (Å²) >= 11 is 1.52. The van der Waals surface area contributed by atoms with Crippen molar-refractivity contribution in [2.75, 3.05) is 13.1 Å². The number of halogens is 5. The molecule has 0 N–H and O–H groups in total. The normalized spacial score (nSPS) is 19.5. The molecule has 0 spiro atoms. The van der Waals surface area contributed by atoms with Crippen LogP contribution in [0.3, 0.4) is 0 Å². The zero-order valence-electron chi connectivity index (χ0n) is 19.3. The lowest BCUT2D eigenvalue weighted by molar-refractivity contribution is -0.141. The zero-order chi connectivity index (χ0) is 25.4. The zero-order valence-corrected chi connectivity index (χ0v) is 20.1. The molecule has 36 heavy (non-hydrogen) atoms. The van der Waals surface area contributed by atoms with Crippen LogP contribution >= 0.6 is 11.3 Å². The summed E-state index contributed by atoms with van der Waals surface area (Å²) in [5.74, 6) is -1.08. The lowest BCUT2D eigenvalue weighted by atomic mass is 9.97. The lowest BCUT2D eigenvalue weighted by Crippen LogP contribution is -2.32. The Morgan fingerprint density at radius 3 is 2.56 bits per heavy atom. The van der Waals surface area contributed by atoms with Crippen LogP contribution in [0.15, 0.2) is 34.8 Å². The van der Waals surface area contributed by atoms with Gasteiger partial charge >= 0.3 is 6.18 Å². The Hall–Kier alpha value is -2.86. The van der Waals surface area contributed by atoms with Crippen molar-refractivity contribution in [1.29, 1.82) is 0 Å². The minimum atomic E-state index is -4.45. The second-order valence-corrected chi connectivity index (χ2v) is 9.78. The van der Waals surface area contributed by atoms with Gasteiger partial charge in [0.15, 0.2) is 11.8 Å². The summed E-state index contributed by atoms with van der Waals surface area (Å²) in [6.07, 6.45) is -3.35. The number of hydrogen-bond acceptors (Lipinski definition) is 6. The predicted molar refractivity (Wildman–Crippen MR) is 123 cm³/mol. The molecule has 0 unspecified atom stereocenters. The first kappa shape index (κ1) is 24.8. The van der Waals surface area contributed by atoms with Gasteiger partial charge in [-0.1, -0.05) is 11.2 Å². The molecule has 2 aromatic heterocycles. The van der Waals surface area contributed by atoms with Gasteiger partial charge in [-0.25, -0.2) is 13.8 Å². The fraction of sp³-hybridized carbons (Fsp3) is 0.417. The number of nitrogens with zero attached hydrogens (tertiary/aromatic N) is 5. The van der Waals surface area contributed by atoms with Gasteiger partial charge in [-0.3, -0.25) is 9.58 Å². The minimum Gasteiger partial charge on any atom is -0.387 e. The van der Waals surface area contributed by atoms with Crippen molar-refractivity contribution in [1.82, 2.24) is 19.7 Å². The molecule has 0 bridgehead atoms. The maximum Gasteiger partial charge on any atom is 0.435 e. The van der Waals surface area contributed by atoms with E-state index in [4.69, 9.17) is 9.82 Å². The van der Waals surface area contributed by atoms with Gasteiger partial charge in [-0.05, 0) is 51.1 Å². The summed E-state index contributed by atoms with van der Waals surface area (Å²) in [6, 6.07) is 4.75. The van der Waals surface area contributed by atoms with Crippen LogP contribution in [0.5, 0.6) is 0 Å². The highest BCUT2D eigenvalue weighted by atomic mass is 32.1. The molecule has 191 valence electrons. The lowest BCUT2D eigenvalue weighted by Gasteiger charge is -2.30. The SMILES string of the molecule is Cc1cc(C(F)(F)F)nn1C[CH]N1CCC(c2nc(C3=NO[C@@H](c4c(F)cccc4F)C3)cs2)CC1. The van der Waals surface area contributed by atoms with Crippen LogP contribution in [0.1, 0.15) is 58.9 Å². The first-order valence-electron chi connectivity index (χ1n) is 11.5. The largest absolute Gasteiger partial charge is 0.435 e. The van der Waals surface area contributed by atoms with Crippen molar-refractivity contribution in [3.05, 3.63) is 75.5 Å². The highest BCUT2D eigenvalue weighted by Gasteiger charge is 2.35. The second kappa shape index (κ2) is 9.89. The second-order valence-electron chi connectivity index (χ2n) is 8.89. The number of rotatable bonds is 6. The third-order valence-electron chi connectivity index (χ3n) is 6.47. The smallest absolute Gasteiger partial charge is 0.387 e. The number of benzene rings is 1. The maximum atomic E-state index is 14.1. The summed E-state index contributed by atoms with van der Waals surface area (Å²) in [4.78, 5) is 12.1. The molecule has 0 amide bonds. The molecule has 6 nitrogen and oxygen atoms in total. The molecule has 12 heteroatoms. The van der Waals surface area contributed by atoms with Crippen molar-refractivity contribution in [3.8, 4) is 0 Å². The molecular weight excluding hydrogens is 501 g/mol. The third kappa shape index (κ3) is 5.15. The van der Waals surface area contributed by atoms with Crippen LogP contribution < -0.4 is 0 Å². The summed E-state index contributed by atoms with van der Waals surface area (Å²) in [7, 11) is 0. The number of thiazole rings is 1. The van der Waals surface area contributed by atoms with Gasteiger partial charge in [0.2, 0.25) is 0 Å². The van der Waals surface area contributed by atoms with Gasteiger partial charge in [-0.15, -0.1) is 11.3 Å². The number of likely N-dealkylation sites (tertiary alicyclic amines) is 1. The highest BCUT2D eigenvalue weighted by molar-refractivity contribution is 7.10. The van der Waals surface area contributed by atoms with Crippen LogP contribution in [0, 0.1) is 25.1 Å². The number of aromatic nitrogens is 3. The summed E-state index contributed by atoms with van der Waals surface area (Å²) in [5, 5.41) is 10.5. The van der Waals surface area contributed by atoms with E-state index in [2.05, 4.69) is 15.2 Å². The molecule has 1 saturated heterocycles. The summed E-state index contributed by atoms with van der Waals surface area (Å²) < 4.78 is 68.1. The fourth-order valence-electron chi connectivity index (χ4n) is 4.46. The molecule has 3 aromatic rings. The van der Waals surface area contributed by atoms with E-state index in [0.717, 1.165) is 37.0 Å². The van der Waals surface area contributed by atoms with Crippen molar-refractivity contribution in [2.24, 2.45) is 5.16 Å². The molecule has 2 aliphatic rings. The summed E-state index contributed by atoms with van der Waals surface area (Å²) in [5.41, 5.74) is 0.661. The molecule has 2 aliphatic heterocycles. The number of aryl methyl sites for hydroxylation is 1. The van der Waals surface area contributed by atoms with Crippen molar-refractivity contribution in [3.63, 3.8) is 0 Å². The Balaban J connectivity index is 1.14. The highest BCUT2D eigenvalue weighted by Crippen LogP contribution is 2.35. The van der Waals surface area contributed by atoms with E-state index in [0.29, 0.717) is 17.1 Å². The Bertz CT molecular complexity index is 1240. The van der Waals surface area contributed by atoms with E-state index in [1.54, 1.807) is 6.92 Å². The third-order valence-corrected chi connectivity index (χ3v) is 7.48. The number of piperidine rings is 1. The van der Waals surface area contributed by atoms with E-state index >= 15 is 0 Å². The Labute approximate surface area is 208 Å². The van der Waals surface area contributed by atoms with Gasteiger partial charge in [0.1, 0.15) is 17.3 Å².